The first-order chi connectivity index (χ1) is 6.95. The third-order valence-corrected chi connectivity index (χ3v) is 2.57. The maximum absolute atomic E-state index is 5.47. The highest BCUT2D eigenvalue weighted by Crippen LogP contribution is 2.08. The third-order valence-electron chi connectivity index (χ3n) is 2.57. The predicted octanol–water partition coefficient (Wildman–Crippen LogP) is 0.124. The summed E-state index contributed by atoms with van der Waals surface area (Å²) in [4.78, 5) is 2.43. The van der Waals surface area contributed by atoms with Gasteiger partial charge in [-0.25, -0.2) is 0 Å². The highest BCUT2D eigenvalue weighted by Gasteiger charge is 2.22. The summed E-state index contributed by atoms with van der Waals surface area (Å²) in [6.07, 6.45) is 1.52. The molecule has 0 amide bonds. The van der Waals surface area contributed by atoms with E-state index in [1.165, 1.54) is 0 Å². The third kappa shape index (κ3) is 3.92. The minimum atomic E-state index is 0.401. The van der Waals surface area contributed by atoms with Gasteiger partial charge >= 0.3 is 0 Å². The zero-order valence-electron chi connectivity index (χ0n) is 8.61. The Morgan fingerprint density at radius 1 is 1.29 bits per heavy atom. The largest absolute Gasteiger partial charge is 0.379 e. The van der Waals surface area contributed by atoms with Crippen molar-refractivity contribution in [3.8, 4) is 0 Å². The van der Waals surface area contributed by atoms with Crippen LogP contribution in [0.25, 0.3) is 0 Å². The van der Waals surface area contributed by atoms with Crippen molar-refractivity contribution >= 4 is 0 Å². The van der Waals surface area contributed by atoms with Gasteiger partial charge in [-0.15, -0.1) is 0 Å². The van der Waals surface area contributed by atoms with Gasteiger partial charge in [0.25, 0.3) is 0 Å². The summed E-state index contributed by atoms with van der Waals surface area (Å²) in [7, 11) is 0. The fraction of sp³-hybridized carbons (Fsp3) is 1.00. The van der Waals surface area contributed by atoms with Crippen LogP contribution in [0.2, 0.25) is 0 Å². The quantitative estimate of drug-likeness (QED) is 0.452. The van der Waals surface area contributed by atoms with E-state index in [1.54, 1.807) is 0 Å². The van der Waals surface area contributed by atoms with Gasteiger partial charge < -0.3 is 14.2 Å². The molecule has 2 aliphatic rings. The van der Waals surface area contributed by atoms with Gasteiger partial charge in [0.1, 0.15) is 6.10 Å². The second-order valence-electron chi connectivity index (χ2n) is 3.84. The van der Waals surface area contributed by atoms with Crippen LogP contribution >= 0.6 is 0 Å². The molecule has 4 nitrogen and oxygen atoms in total. The lowest BCUT2D eigenvalue weighted by Crippen LogP contribution is -2.37. The van der Waals surface area contributed by atoms with E-state index < -0.39 is 0 Å². The van der Waals surface area contributed by atoms with Crippen molar-refractivity contribution in [1.82, 2.24) is 4.90 Å². The molecule has 1 unspecified atom stereocenters. The molecule has 2 saturated heterocycles. The molecule has 0 aromatic heterocycles. The van der Waals surface area contributed by atoms with Crippen molar-refractivity contribution in [1.29, 1.82) is 0 Å². The summed E-state index contributed by atoms with van der Waals surface area (Å²) >= 11 is 0. The summed E-state index contributed by atoms with van der Waals surface area (Å²) in [6, 6.07) is 0. The van der Waals surface area contributed by atoms with Crippen LogP contribution < -0.4 is 0 Å². The second kappa shape index (κ2) is 5.66. The lowest BCUT2D eigenvalue weighted by Gasteiger charge is -2.26. The Morgan fingerprint density at radius 3 is 2.79 bits per heavy atom. The number of nitrogens with zero attached hydrogens (tertiary/aromatic N) is 1. The molecule has 2 rings (SSSR count). The molecule has 2 aliphatic heterocycles. The molecule has 0 aromatic carbocycles. The minimum absolute atomic E-state index is 0.401. The summed E-state index contributed by atoms with van der Waals surface area (Å²) in [5, 5.41) is 0. The van der Waals surface area contributed by atoms with Gasteiger partial charge in [0.05, 0.1) is 26.4 Å². The molecule has 4 heteroatoms. The van der Waals surface area contributed by atoms with Gasteiger partial charge in [-0.3, -0.25) is 4.90 Å². The normalized spacial score (nSPS) is 27.9. The number of rotatable bonds is 6. The molecule has 0 N–H and O–H groups in total. The molecule has 0 aromatic rings. The first kappa shape index (κ1) is 10.4. The van der Waals surface area contributed by atoms with E-state index in [4.69, 9.17) is 14.2 Å². The molecule has 2 fully saturated rings. The van der Waals surface area contributed by atoms with Crippen LogP contribution in [-0.4, -0.2) is 63.7 Å². The fourth-order valence-electron chi connectivity index (χ4n) is 1.59. The van der Waals surface area contributed by atoms with Crippen molar-refractivity contribution in [2.45, 2.75) is 12.5 Å². The van der Waals surface area contributed by atoms with E-state index in [9.17, 15) is 0 Å². The maximum Gasteiger partial charge on any atom is 0.104 e. The summed E-state index contributed by atoms with van der Waals surface area (Å²) < 4.78 is 15.8. The Kier molecular flexibility index (Phi) is 4.19. The smallest absolute Gasteiger partial charge is 0.104 e. The monoisotopic (exact) mass is 201 g/mol. The molecule has 2 heterocycles. The van der Waals surface area contributed by atoms with E-state index >= 15 is 0 Å². The van der Waals surface area contributed by atoms with Crippen LogP contribution in [0.3, 0.4) is 0 Å². The average Bonchev–Trinajstić information content (AvgIpc) is 3.03. The van der Waals surface area contributed by atoms with E-state index in [0.717, 1.165) is 59.1 Å². The van der Waals surface area contributed by atoms with Crippen molar-refractivity contribution in [2.75, 3.05) is 52.7 Å². The van der Waals surface area contributed by atoms with Gasteiger partial charge in [-0.05, 0) is 6.42 Å². The van der Waals surface area contributed by atoms with Crippen molar-refractivity contribution < 1.29 is 14.2 Å². The summed E-state index contributed by atoms with van der Waals surface area (Å²) in [5.74, 6) is 0. The first-order valence-corrected chi connectivity index (χ1v) is 5.44. The molecule has 0 aliphatic carbocycles. The number of ether oxygens (including phenoxy) is 3. The number of hydrogen-bond acceptors (Lipinski definition) is 4. The summed E-state index contributed by atoms with van der Waals surface area (Å²) in [5.41, 5.74) is 0. The number of hydrogen-bond donors (Lipinski definition) is 0. The highest BCUT2D eigenvalue weighted by atomic mass is 16.6. The number of morpholine rings is 1. The molecule has 0 bridgehead atoms. The molecule has 0 spiro atoms. The van der Waals surface area contributed by atoms with Gasteiger partial charge in [-0.2, -0.15) is 0 Å². The molecule has 82 valence electrons. The molecule has 0 saturated carbocycles. The van der Waals surface area contributed by atoms with Gasteiger partial charge in [0, 0.05) is 26.2 Å². The van der Waals surface area contributed by atoms with Crippen LogP contribution in [0.5, 0.6) is 0 Å². The zero-order chi connectivity index (χ0) is 9.64. The molecular weight excluding hydrogens is 182 g/mol. The van der Waals surface area contributed by atoms with Gasteiger partial charge in [-0.1, -0.05) is 0 Å². The first-order valence-electron chi connectivity index (χ1n) is 5.44. The second-order valence-corrected chi connectivity index (χ2v) is 3.84. The van der Waals surface area contributed by atoms with E-state index in [1.807, 2.05) is 0 Å². The van der Waals surface area contributed by atoms with Crippen LogP contribution in [-0.2, 0) is 14.2 Å². The Hall–Kier alpha value is -0.160. The van der Waals surface area contributed by atoms with Gasteiger partial charge in [0.2, 0.25) is 0 Å². The molecular formula is C10H19NO3. The van der Waals surface area contributed by atoms with Crippen molar-refractivity contribution in [2.24, 2.45) is 0 Å². The minimum Gasteiger partial charge on any atom is -0.379 e. The zero-order valence-corrected chi connectivity index (χ0v) is 8.61. The Morgan fingerprint density at radius 2 is 2.07 bits per heavy atom. The standard InChI is InChI=1S/C10H19NO3/c1(5-13-8-10-9-14-10)2-11-3-6-12-7-4-11/h10H,1-9H2. The van der Waals surface area contributed by atoms with Crippen LogP contribution in [0.4, 0.5) is 0 Å². The van der Waals surface area contributed by atoms with E-state index in [2.05, 4.69) is 4.90 Å². The fourth-order valence-corrected chi connectivity index (χ4v) is 1.59. The van der Waals surface area contributed by atoms with E-state index in [0.29, 0.717) is 6.10 Å². The Bertz CT molecular complexity index is 155. The average molecular weight is 201 g/mol. The van der Waals surface area contributed by atoms with Crippen molar-refractivity contribution in [3.63, 3.8) is 0 Å². The summed E-state index contributed by atoms with van der Waals surface area (Å²) in [6.45, 7) is 7.59. The van der Waals surface area contributed by atoms with Gasteiger partial charge in [0.15, 0.2) is 0 Å². The topological polar surface area (TPSA) is 34.2 Å². The molecule has 1 atom stereocenters. The number of epoxide rings is 1. The Balaban J connectivity index is 1.41. The van der Waals surface area contributed by atoms with Crippen LogP contribution in [0.1, 0.15) is 6.42 Å². The predicted molar refractivity (Wildman–Crippen MR) is 52.4 cm³/mol. The van der Waals surface area contributed by atoms with Crippen molar-refractivity contribution in [3.05, 3.63) is 0 Å². The Labute approximate surface area is 85.1 Å². The highest BCUT2D eigenvalue weighted by molar-refractivity contribution is 4.67. The molecule has 0 radical (unpaired) electrons. The van der Waals surface area contributed by atoms with Crippen LogP contribution in [0.15, 0.2) is 0 Å². The molecule has 14 heavy (non-hydrogen) atoms. The van der Waals surface area contributed by atoms with E-state index in [-0.39, 0.29) is 0 Å². The SMILES string of the molecule is C(COCC1CO1)CN1CCOCC1. The van der Waals surface area contributed by atoms with Crippen LogP contribution in [0, 0.1) is 0 Å². The lowest BCUT2D eigenvalue weighted by atomic mass is 10.3. The maximum atomic E-state index is 5.47. The lowest BCUT2D eigenvalue weighted by molar-refractivity contribution is 0.0312.